The molecule has 3 aliphatic heterocycles. The van der Waals surface area contributed by atoms with E-state index in [1.165, 1.54) is 37.1 Å². The van der Waals surface area contributed by atoms with E-state index in [4.69, 9.17) is 0 Å². The molecule has 0 saturated carbocycles. The summed E-state index contributed by atoms with van der Waals surface area (Å²) in [5.74, 6) is -2.76. The number of hydrogen-bond acceptors (Lipinski definition) is 6. The third kappa shape index (κ3) is 5.42. The zero-order valence-corrected chi connectivity index (χ0v) is 24.7. The van der Waals surface area contributed by atoms with Crippen molar-refractivity contribution >= 4 is 34.9 Å². The predicted molar refractivity (Wildman–Crippen MR) is 157 cm³/mol. The Balaban J connectivity index is 1.35. The summed E-state index contributed by atoms with van der Waals surface area (Å²) >= 11 is 0. The average Bonchev–Trinajstić information content (AvgIpc) is 3.56. The Labute approximate surface area is 256 Å². The van der Waals surface area contributed by atoms with Crippen LogP contribution in [0.5, 0.6) is 0 Å². The molecule has 0 aliphatic carbocycles. The van der Waals surface area contributed by atoms with E-state index >= 15 is 4.39 Å². The lowest BCUT2D eigenvalue weighted by atomic mass is 9.95. The largest absolute Gasteiger partial charge is 0.416 e. The molecule has 0 bridgehead atoms. The highest BCUT2D eigenvalue weighted by Crippen LogP contribution is 2.41. The van der Waals surface area contributed by atoms with E-state index in [2.05, 4.69) is 16.5 Å². The zero-order chi connectivity index (χ0) is 32.2. The molecule has 14 heteroatoms. The highest BCUT2D eigenvalue weighted by Gasteiger charge is 2.49. The number of alkyl halides is 3. The molecule has 0 N–H and O–H groups in total. The van der Waals surface area contributed by atoms with Gasteiger partial charge in [-0.15, -0.1) is 0 Å². The van der Waals surface area contributed by atoms with E-state index in [-0.39, 0.29) is 48.3 Å². The first-order chi connectivity index (χ1) is 21.4. The molecule has 3 aliphatic rings. The molecule has 0 unspecified atom stereocenters. The Morgan fingerprint density at radius 3 is 2.69 bits per heavy atom. The maximum atomic E-state index is 15.6. The molecule has 0 radical (unpaired) electrons. The highest BCUT2D eigenvalue weighted by molar-refractivity contribution is 6.10. The molecule has 6 rings (SSSR count). The number of imidazole rings is 1. The molecular weight excluding hydrogens is 594 g/mol. The van der Waals surface area contributed by atoms with E-state index < -0.39 is 41.3 Å². The van der Waals surface area contributed by atoms with E-state index in [0.29, 0.717) is 26.1 Å². The number of para-hydroxylation sites is 1. The number of amides is 3. The summed E-state index contributed by atoms with van der Waals surface area (Å²) in [6.07, 6.45) is -1.29. The molecule has 1 saturated heterocycles. The number of rotatable bonds is 5. The van der Waals surface area contributed by atoms with Gasteiger partial charge in [-0.3, -0.25) is 19.3 Å². The molecule has 1 aromatic carbocycles. The fraction of sp³-hybridized carbons (Fsp3) is 0.387. The van der Waals surface area contributed by atoms with Gasteiger partial charge in [0.25, 0.3) is 0 Å². The van der Waals surface area contributed by atoms with Crippen molar-refractivity contribution in [3.8, 4) is 0 Å². The van der Waals surface area contributed by atoms with Crippen molar-refractivity contribution in [2.75, 3.05) is 41.4 Å². The van der Waals surface area contributed by atoms with Crippen LogP contribution in [-0.2, 0) is 40.1 Å². The van der Waals surface area contributed by atoms with Gasteiger partial charge in [0.15, 0.2) is 0 Å². The van der Waals surface area contributed by atoms with Gasteiger partial charge in [-0.2, -0.15) is 13.2 Å². The second-order valence-corrected chi connectivity index (χ2v) is 11.5. The molecule has 5 heterocycles. The number of aryl methyl sites for hydroxylation is 1. The van der Waals surface area contributed by atoms with Crippen LogP contribution >= 0.6 is 0 Å². The van der Waals surface area contributed by atoms with E-state index in [9.17, 15) is 27.6 Å². The molecule has 0 spiro atoms. The Hall–Kier alpha value is -4.75. The number of hydrogen-bond donors (Lipinski definition) is 0. The first kappa shape index (κ1) is 30.3. The van der Waals surface area contributed by atoms with Crippen LogP contribution in [-0.4, -0.2) is 69.9 Å². The van der Waals surface area contributed by atoms with Crippen molar-refractivity contribution in [1.82, 2.24) is 19.4 Å². The summed E-state index contributed by atoms with van der Waals surface area (Å²) in [7, 11) is 1.46. The van der Waals surface area contributed by atoms with Gasteiger partial charge in [-0.25, -0.2) is 14.4 Å². The van der Waals surface area contributed by atoms with Crippen LogP contribution in [0.25, 0.3) is 0 Å². The molecule has 2 aromatic heterocycles. The number of fused-ring (bicyclic) bond motifs is 3. The Morgan fingerprint density at radius 1 is 1.18 bits per heavy atom. The average molecular weight is 626 g/mol. The topological polar surface area (TPSA) is 94.9 Å². The molecule has 10 nitrogen and oxygen atoms in total. The number of pyridine rings is 1. The van der Waals surface area contributed by atoms with Crippen LogP contribution in [0.15, 0.2) is 49.3 Å². The summed E-state index contributed by atoms with van der Waals surface area (Å²) in [5, 5.41) is 0. The highest BCUT2D eigenvalue weighted by atomic mass is 19.4. The lowest BCUT2D eigenvalue weighted by Crippen LogP contribution is -2.52. The van der Waals surface area contributed by atoms with Crippen molar-refractivity contribution < 1.29 is 31.9 Å². The van der Waals surface area contributed by atoms with Gasteiger partial charge in [0.1, 0.15) is 17.7 Å². The van der Waals surface area contributed by atoms with Gasteiger partial charge < -0.3 is 19.3 Å². The minimum atomic E-state index is -4.68. The van der Waals surface area contributed by atoms with Crippen LogP contribution in [0.4, 0.5) is 34.8 Å². The third-order valence-electron chi connectivity index (χ3n) is 8.71. The summed E-state index contributed by atoms with van der Waals surface area (Å²) in [6.45, 7) is 6.52. The van der Waals surface area contributed by atoms with Crippen LogP contribution in [0.2, 0.25) is 0 Å². The SMILES string of the molecule is C=CC(=O)N1CCc2ncn(CCN3C[C@H]4CC(=O)N(c5cc(C(F)(F)F)cc(C)n5)[C@@H]4C(=O)N(C)c4cccc(F)c43)c2C1. The fourth-order valence-electron chi connectivity index (χ4n) is 6.55. The van der Waals surface area contributed by atoms with Gasteiger partial charge in [0, 0.05) is 57.7 Å². The second-order valence-electron chi connectivity index (χ2n) is 11.5. The van der Waals surface area contributed by atoms with Gasteiger partial charge in [0.05, 0.1) is 41.2 Å². The number of anilines is 3. The summed E-state index contributed by atoms with van der Waals surface area (Å²) < 4.78 is 58.5. The van der Waals surface area contributed by atoms with Gasteiger partial charge in [0.2, 0.25) is 17.7 Å². The van der Waals surface area contributed by atoms with Crippen LogP contribution in [0, 0.1) is 18.7 Å². The predicted octanol–water partition coefficient (Wildman–Crippen LogP) is 3.72. The van der Waals surface area contributed by atoms with Crippen LogP contribution in [0.3, 0.4) is 0 Å². The first-order valence-electron chi connectivity index (χ1n) is 14.5. The smallest absolute Gasteiger partial charge is 0.365 e. The van der Waals surface area contributed by atoms with Crippen molar-refractivity contribution in [3.63, 3.8) is 0 Å². The number of halogens is 4. The third-order valence-corrected chi connectivity index (χ3v) is 8.71. The lowest BCUT2D eigenvalue weighted by molar-refractivity contribution is -0.137. The van der Waals surface area contributed by atoms with Gasteiger partial charge in [-0.05, 0) is 37.3 Å². The molecule has 236 valence electrons. The van der Waals surface area contributed by atoms with Crippen molar-refractivity contribution in [3.05, 3.63) is 77.8 Å². The molecule has 45 heavy (non-hydrogen) atoms. The van der Waals surface area contributed by atoms with Crippen LogP contribution in [0.1, 0.15) is 29.1 Å². The van der Waals surface area contributed by atoms with E-state index in [0.717, 1.165) is 28.4 Å². The fourth-order valence-corrected chi connectivity index (χ4v) is 6.55. The Morgan fingerprint density at radius 2 is 1.96 bits per heavy atom. The number of benzene rings is 1. The molecule has 1 fully saturated rings. The standard InChI is InChI=1S/C31H31F4N7O3/c1-4-26(43)39-9-8-22-24(16-39)41(17-36-22)11-10-40-15-19-13-27(44)42(25-14-20(31(33,34)35)12-18(2)37-25)28(19)30(45)38(3)23-7-5-6-21(32)29(23)40/h4-7,12,14,17,19,28H,1,8-11,13,15-16H2,2-3H3/t19-,28+/m1/s1. The van der Waals surface area contributed by atoms with E-state index in [1.807, 2.05) is 4.57 Å². The van der Waals surface area contributed by atoms with Crippen LogP contribution < -0.4 is 14.7 Å². The number of carbonyl (C=O) groups excluding carboxylic acids is 3. The Kier molecular flexibility index (Phi) is 7.61. The zero-order valence-electron chi connectivity index (χ0n) is 24.7. The van der Waals surface area contributed by atoms with Gasteiger partial charge in [-0.1, -0.05) is 12.6 Å². The number of likely N-dealkylation sites (N-methyl/N-ethyl adjacent to an activating group) is 1. The van der Waals surface area contributed by atoms with E-state index in [1.54, 1.807) is 22.2 Å². The second kappa shape index (κ2) is 11.3. The summed E-state index contributed by atoms with van der Waals surface area (Å²) in [5.41, 5.74) is 1.25. The maximum Gasteiger partial charge on any atom is 0.416 e. The van der Waals surface area contributed by atoms with Crippen molar-refractivity contribution in [2.45, 2.75) is 45.1 Å². The van der Waals surface area contributed by atoms with Crippen molar-refractivity contribution in [2.24, 2.45) is 5.92 Å². The minimum Gasteiger partial charge on any atom is -0.365 e. The quantitative estimate of drug-likeness (QED) is 0.317. The maximum absolute atomic E-state index is 15.6. The summed E-state index contributed by atoms with van der Waals surface area (Å²) in [6, 6.07) is 4.87. The molecule has 3 aromatic rings. The Bertz CT molecular complexity index is 1700. The molecule has 3 amide bonds. The van der Waals surface area contributed by atoms with Gasteiger partial charge >= 0.3 is 6.18 Å². The number of carbonyl (C=O) groups is 3. The van der Waals surface area contributed by atoms with Crippen molar-refractivity contribution in [1.29, 1.82) is 0 Å². The monoisotopic (exact) mass is 625 g/mol. The molecular formula is C31H31F4N7O3. The normalized spacial score (nSPS) is 20.0. The number of aromatic nitrogens is 3. The lowest BCUT2D eigenvalue weighted by Gasteiger charge is -2.39. The first-order valence-corrected chi connectivity index (χ1v) is 14.5. The molecule has 2 atom stereocenters. The minimum absolute atomic E-state index is 0.0498. The number of nitrogens with zero attached hydrogens (tertiary/aromatic N) is 7. The summed E-state index contributed by atoms with van der Waals surface area (Å²) in [4.78, 5) is 54.2.